The van der Waals surface area contributed by atoms with Gasteiger partial charge in [-0.05, 0) is 82.8 Å². The SMILES string of the molecule is CC(=N)N1CCC(Oc2ccc(N(Cc3cccc(-c4cccc(C(=N)N)c4)c3)Cc3cccc(-c4cccc(C(=N)N)c4)c3)cc2C(=O)O)CC1. The van der Waals surface area contributed by atoms with E-state index in [9.17, 15) is 9.90 Å². The molecule has 0 saturated carbocycles. The smallest absolute Gasteiger partial charge is 0.339 e. The van der Waals surface area contributed by atoms with Crippen LogP contribution < -0.4 is 21.1 Å². The molecule has 52 heavy (non-hydrogen) atoms. The molecule has 1 fully saturated rings. The van der Waals surface area contributed by atoms with Crippen LogP contribution in [0.3, 0.4) is 0 Å². The van der Waals surface area contributed by atoms with Gasteiger partial charge in [0.2, 0.25) is 0 Å². The number of hydrogen-bond acceptors (Lipinski definition) is 6. The molecule has 0 radical (unpaired) electrons. The molecule has 0 aliphatic carbocycles. The first-order valence-electron chi connectivity index (χ1n) is 17.2. The zero-order valence-corrected chi connectivity index (χ0v) is 29.1. The lowest BCUT2D eigenvalue weighted by Gasteiger charge is -2.33. The summed E-state index contributed by atoms with van der Waals surface area (Å²) in [5, 5.41) is 34.1. The third-order valence-corrected chi connectivity index (χ3v) is 9.38. The maximum Gasteiger partial charge on any atom is 0.339 e. The Bertz CT molecular complexity index is 2040. The fraction of sp³-hybridized carbons (Fsp3) is 0.190. The highest BCUT2D eigenvalue weighted by molar-refractivity contribution is 5.97. The fourth-order valence-electron chi connectivity index (χ4n) is 6.58. The molecule has 264 valence electrons. The molecule has 0 spiro atoms. The molecule has 0 amide bonds. The Kier molecular flexibility index (Phi) is 10.6. The highest BCUT2D eigenvalue weighted by atomic mass is 16.5. The number of nitrogens with one attached hydrogen (secondary N) is 3. The molecular weight excluding hydrogens is 651 g/mol. The fourth-order valence-corrected chi connectivity index (χ4v) is 6.58. The minimum absolute atomic E-state index is 0.00742. The molecule has 6 rings (SSSR count). The standard InChI is InChI=1S/C42H43N7O3/c1-27(43)48-18-16-37(17-19-48)52-39-15-14-36(24-38(39)42(50)51)49(25-28-6-2-8-30(20-28)32-10-4-12-34(22-32)40(44)45)26-29-7-3-9-31(21-29)33-11-5-13-35(23-33)41(46)47/h2-15,20-24,37,43H,16-19,25-26H2,1H3,(H3,44,45)(H3,46,47)(H,50,51). The topological polar surface area (TPSA) is 177 Å². The van der Waals surface area contributed by atoms with Crippen molar-refractivity contribution in [1.82, 2.24) is 4.90 Å². The van der Waals surface area contributed by atoms with Crippen molar-refractivity contribution in [3.63, 3.8) is 0 Å². The lowest BCUT2D eigenvalue weighted by atomic mass is 9.99. The molecule has 5 aromatic carbocycles. The number of carboxylic acid groups (broad SMARTS) is 1. The van der Waals surface area contributed by atoms with Gasteiger partial charge in [-0.2, -0.15) is 0 Å². The summed E-state index contributed by atoms with van der Waals surface area (Å²) in [6.45, 7) is 4.13. The van der Waals surface area contributed by atoms with Gasteiger partial charge in [-0.3, -0.25) is 16.2 Å². The lowest BCUT2D eigenvalue weighted by Crippen LogP contribution is -2.40. The van der Waals surface area contributed by atoms with Crippen molar-refractivity contribution in [3.05, 3.63) is 143 Å². The van der Waals surface area contributed by atoms with Crippen LogP contribution in [0.5, 0.6) is 5.75 Å². The van der Waals surface area contributed by atoms with Gasteiger partial charge < -0.3 is 31.1 Å². The second-order valence-electron chi connectivity index (χ2n) is 13.1. The van der Waals surface area contributed by atoms with Crippen LogP contribution in [-0.4, -0.2) is 52.7 Å². The zero-order valence-electron chi connectivity index (χ0n) is 29.1. The summed E-state index contributed by atoms with van der Waals surface area (Å²) in [6, 6.07) is 36.9. The molecule has 10 heteroatoms. The highest BCUT2D eigenvalue weighted by Crippen LogP contribution is 2.32. The predicted molar refractivity (Wildman–Crippen MR) is 208 cm³/mol. The number of anilines is 1. The molecule has 1 heterocycles. The number of rotatable bonds is 12. The number of nitrogens with zero attached hydrogens (tertiary/aromatic N) is 2. The van der Waals surface area contributed by atoms with Crippen LogP contribution in [0.25, 0.3) is 22.3 Å². The predicted octanol–water partition coefficient (Wildman–Crippen LogP) is 7.33. The molecular formula is C42H43N7O3. The number of nitrogens with two attached hydrogens (primary N) is 2. The number of carboxylic acids is 1. The minimum Gasteiger partial charge on any atom is -0.489 e. The maximum absolute atomic E-state index is 12.7. The van der Waals surface area contributed by atoms with E-state index in [4.69, 9.17) is 32.4 Å². The van der Waals surface area contributed by atoms with Crippen molar-refractivity contribution in [3.8, 4) is 28.0 Å². The van der Waals surface area contributed by atoms with Crippen molar-refractivity contribution in [2.75, 3.05) is 18.0 Å². The average Bonchev–Trinajstić information content (AvgIpc) is 3.15. The van der Waals surface area contributed by atoms with Gasteiger partial charge in [-0.25, -0.2) is 4.79 Å². The third-order valence-electron chi connectivity index (χ3n) is 9.38. The van der Waals surface area contributed by atoms with E-state index >= 15 is 0 Å². The first-order valence-corrected chi connectivity index (χ1v) is 17.2. The van der Waals surface area contributed by atoms with Crippen molar-refractivity contribution in [2.24, 2.45) is 11.5 Å². The van der Waals surface area contributed by atoms with Crippen LogP contribution in [0.2, 0.25) is 0 Å². The molecule has 8 N–H and O–H groups in total. The van der Waals surface area contributed by atoms with E-state index in [1.807, 2.05) is 95.9 Å². The van der Waals surface area contributed by atoms with Crippen LogP contribution in [-0.2, 0) is 13.1 Å². The van der Waals surface area contributed by atoms with Crippen molar-refractivity contribution in [1.29, 1.82) is 16.2 Å². The summed E-state index contributed by atoms with van der Waals surface area (Å²) in [5.74, 6) is -0.189. The van der Waals surface area contributed by atoms with Crippen molar-refractivity contribution >= 4 is 29.2 Å². The number of ether oxygens (including phenoxy) is 1. The second kappa shape index (κ2) is 15.6. The summed E-state index contributed by atoms with van der Waals surface area (Å²) < 4.78 is 6.28. The molecule has 0 bridgehead atoms. The van der Waals surface area contributed by atoms with E-state index in [-0.39, 0.29) is 23.3 Å². The molecule has 1 saturated heterocycles. The molecule has 5 aromatic rings. The summed E-state index contributed by atoms with van der Waals surface area (Å²) >= 11 is 0. The molecule has 1 aliphatic rings. The number of nitrogen functional groups attached to an aromatic ring is 2. The monoisotopic (exact) mass is 693 g/mol. The van der Waals surface area contributed by atoms with E-state index in [1.54, 1.807) is 19.1 Å². The van der Waals surface area contributed by atoms with E-state index in [2.05, 4.69) is 17.0 Å². The van der Waals surface area contributed by atoms with Crippen LogP contribution in [0, 0.1) is 16.2 Å². The Morgan fingerprint density at radius 2 is 1.21 bits per heavy atom. The number of amidine groups is 3. The van der Waals surface area contributed by atoms with Crippen molar-refractivity contribution in [2.45, 2.75) is 39.0 Å². The van der Waals surface area contributed by atoms with Crippen molar-refractivity contribution < 1.29 is 14.6 Å². The Labute approximate surface area is 303 Å². The Morgan fingerprint density at radius 1 is 0.731 bits per heavy atom. The molecule has 0 atom stereocenters. The van der Waals surface area contributed by atoms with E-state index in [0.29, 0.717) is 61.7 Å². The van der Waals surface area contributed by atoms with Gasteiger partial charge in [0.25, 0.3) is 0 Å². The summed E-state index contributed by atoms with van der Waals surface area (Å²) in [5.41, 5.74) is 19.6. The van der Waals surface area contributed by atoms with Gasteiger partial charge in [0.1, 0.15) is 29.1 Å². The minimum atomic E-state index is -1.07. The van der Waals surface area contributed by atoms with Gasteiger partial charge in [0.05, 0.1) is 5.84 Å². The number of carbonyl (C=O) groups is 1. The van der Waals surface area contributed by atoms with E-state index in [1.165, 1.54) is 0 Å². The van der Waals surface area contributed by atoms with Crippen LogP contribution in [0.4, 0.5) is 5.69 Å². The molecule has 0 unspecified atom stereocenters. The Morgan fingerprint density at radius 3 is 1.67 bits per heavy atom. The number of piperidine rings is 1. The molecule has 1 aliphatic heterocycles. The number of likely N-dealkylation sites (tertiary alicyclic amines) is 1. The van der Waals surface area contributed by atoms with Crippen LogP contribution in [0.1, 0.15) is 52.4 Å². The molecule has 0 aromatic heterocycles. The quantitative estimate of drug-likeness (QED) is 0.0585. The van der Waals surface area contributed by atoms with Crippen LogP contribution in [0.15, 0.2) is 115 Å². The summed E-state index contributed by atoms with van der Waals surface area (Å²) in [4.78, 5) is 16.8. The number of hydrogen-bond donors (Lipinski definition) is 6. The number of aromatic carboxylic acids is 1. The number of benzene rings is 5. The van der Waals surface area contributed by atoms with Gasteiger partial charge >= 0.3 is 5.97 Å². The maximum atomic E-state index is 12.7. The summed E-state index contributed by atoms with van der Waals surface area (Å²) in [6.07, 6.45) is 1.28. The van der Waals surface area contributed by atoms with Crippen LogP contribution >= 0.6 is 0 Å². The van der Waals surface area contributed by atoms with Gasteiger partial charge in [-0.15, -0.1) is 0 Å². The summed E-state index contributed by atoms with van der Waals surface area (Å²) in [7, 11) is 0. The Balaban J connectivity index is 1.34. The average molecular weight is 694 g/mol. The lowest BCUT2D eigenvalue weighted by molar-refractivity contribution is 0.0684. The molecule has 10 nitrogen and oxygen atoms in total. The Hall–Kier alpha value is -6.42. The zero-order chi connectivity index (χ0) is 36.8. The first-order chi connectivity index (χ1) is 25.0. The largest absolute Gasteiger partial charge is 0.489 e. The van der Waals surface area contributed by atoms with Gasteiger partial charge in [0.15, 0.2) is 0 Å². The van der Waals surface area contributed by atoms with Gasteiger partial charge in [0, 0.05) is 55.8 Å². The highest BCUT2D eigenvalue weighted by Gasteiger charge is 2.24. The normalized spacial score (nSPS) is 13.0. The third kappa shape index (κ3) is 8.47. The second-order valence-corrected chi connectivity index (χ2v) is 13.1. The first kappa shape index (κ1) is 35.4. The van der Waals surface area contributed by atoms with Gasteiger partial charge in [-0.1, -0.05) is 72.8 Å². The van der Waals surface area contributed by atoms with E-state index < -0.39 is 5.97 Å². The van der Waals surface area contributed by atoms with E-state index in [0.717, 1.165) is 39.1 Å².